The fourth-order valence-electron chi connectivity index (χ4n) is 2.30. The van der Waals surface area contributed by atoms with Crippen LogP contribution in [0.4, 0.5) is 0 Å². The van der Waals surface area contributed by atoms with E-state index < -0.39 is 11.3 Å². The van der Waals surface area contributed by atoms with Gasteiger partial charge in [-0.1, -0.05) is 60.7 Å². The Bertz CT molecular complexity index is 533. The Morgan fingerprint density at radius 3 is 1.86 bits per heavy atom. The van der Waals surface area contributed by atoms with Gasteiger partial charge in [0.05, 0.1) is 7.11 Å². The van der Waals surface area contributed by atoms with Crippen LogP contribution in [0.25, 0.3) is 0 Å². The van der Waals surface area contributed by atoms with E-state index in [4.69, 9.17) is 16.3 Å². The van der Waals surface area contributed by atoms with Crippen LogP contribution >= 0.6 is 11.6 Å². The molecule has 2 aromatic rings. The number of nitrogens with zero attached hydrogens (tertiary/aromatic N) is 1. The van der Waals surface area contributed by atoms with Crippen molar-refractivity contribution < 1.29 is 9.53 Å². The topological polar surface area (TPSA) is 29.5 Å². The van der Waals surface area contributed by atoms with Gasteiger partial charge in [0, 0.05) is 19.6 Å². The Hall–Kier alpha value is -1.84. The maximum Gasteiger partial charge on any atom is 0.325 e. The molecule has 1 atom stereocenters. The molecule has 0 unspecified atom stereocenters. The number of halogens is 1. The van der Waals surface area contributed by atoms with Crippen molar-refractivity contribution in [3.05, 3.63) is 71.8 Å². The SMILES string of the molecule is COC(=O)[C@H](Cl)CN(Cc1ccccc1)Cc1ccccc1. The van der Waals surface area contributed by atoms with Gasteiger partial charge in [-0.15, -0.1) is 11.6 Å². The third-order valence-electron chi connectivity index (χ3n) is 3.37. The molecule has 2 aromatic carbocycles. The molecule has 4 heteroatoms. The number of hydrogen-bond acceptors (Lipinski definition) is 3. The van der Waals surface area contributed by atoms with Gasteiger partial charge in [-0.3, -0.25) is 9.69 Å². The molecule has 0 saturated carbocycles. The summed E-state index contributed by atoms with van der Waals surface area (Å²) in [6, 6.07) is 20.3. The van der Waals surface area contributed by atoms with Crippen molar-refractivity contribution >= 4 is 17.6 Å². The maximum absolute atomic E-state index is 11.6. The summed E-state index contributed by atoms with van der Waals surface area (Å²) in [4.78, 5) is 13.7. The molecule has 0 N–H and O–H groups in total. The first-order chi connectivity index (χ1) is 10.7. The van der Waals surface area contributed by atoms with Gasteiger partial charge in [-0.05, 0) is 11.1 Å². The molecule has 0 fully saturated rings. The minimum atomic E-state index is -0.669. The molecule has 0 amide bonds. The minimum absolute atomic E-state index is 0.396. The van der Waals surface area contributed by atoms with E-state index in [9.17, 15) is 4.79 Å². The van der Waals surface area contributed by atoms with Gasteiger partial charge >= 0.3 is 5.97 Å². The number of benzene rings is 2. The highest BCUT2D eigenvalue weighted by Crippen LogP contribution is 2.13. The lowest BCUT2D eigenvalue weighted by molar-refractivity contribution is -0.140. The van der Waals surface area contributed by atoms with Crippen molar-refractivity contribution in [3.63, 3.8) is 0 Å². The molecule has 0 bridgehead atoms. The van der Waals surface area contributed by atoms with Crippen LogP contribution in [-0.2, 0) is 22.6 Å². The Kier molecular flexibility index (Phi) is 6.44. The van der Waals surface area contributed by atoms with E-state index in [1.54, 1.807) is 0 Å². The summed E-state index contributed by atoms with van der Waals surface area (Å²) in [5.41, 5.74) is 2.37. The summed E-state index contributed by atoms with van der Waals surface area (Å²) in [7, 11) is 1.36. The number of esters is 1. The molecule has 0 radical (unpaired) electrons. The summed E-state index contributed by atoms with van der Waals surface area (Å²) in [5, 5.41) is -0.669. The van der Waals surface area contributed by atoms with Crippen LogP contribution in [0, 0.1) is 0 Å². The monoisotopic (exact) mass is 317 g/mol. The predicted octanol–water partition coefficient (Wildman–Crippen LogP) is 3.47. The molecule has 2 rings (SSSR count). The van der Waals surface area contributed by atoms with Crippen molar-refractivity contribution in [1.82, 2.24) is 4.90 Å². The molecule has 3 nitrogen and oxygen atoms in total. The molecule has 0 aliphatic carbocycles. The molecule has 0 heterocycles. The average Bonchev–Trinajstić information content (AvgIpc) is 2.55. The van der Waals surface area contributed by atoms with Gasteiger partial charge in [-0.2, -0.15) is 0 Å². The van der Waals surface area contributed by atoms with Gasteiger partial charge in [0.1, 0.15) is 5.38 Å². The molecule has 0 aliphatic heterocycles. The number of hydrogen-bond donors (Lipinski definition) is 0. The van der Waals surface area contributed by atoms with E-state index >= 15 is 0 Å². The molecule has 22 heavy (non-hydrogen) atoms. The van der Waals surface area contributed by atoms with Gasteiger partial charge in [0.2, 0.25) is 0 Å². The van der Waals surface area contributed by atoms with Gasteiger partial charge in [0.25, 0.3) is 0 Å². The van der Waals surface area contributed by atoms with E-state index in [1.165, 1.54) is 18.2 Å². The fourth-order valence-corrected chi connectivity index (χ4v) is 2.58. The number of rotatable bonds is 7. The first kappa shape index (κ1) is 16.5. The Morgan fingerprint density at radius 1 is 1.00 bits per heavy atom. The van der Waals surface area contributed by atoms with Gasteiger partial charge in [0.15, 0.2) is 0 Å². The number of methoxy groups -OCH3 is 1. The van der Waals surface area contributed by atoms with Crippen LogP contribution in [0.5, 0.6) is 0 Å². The quantitative estimate of drug-likeness (QED) is 0.578. The fraction of sp³-hybridized carbons (Fsp3) is 0.278. The van der Waals surface area contributed by atoms with E-state index in [1.807, 2.05) is 36.4 Å². The lowest BCUT2D eigenvalue weighted by Gasteiger charge is -2.24. The van der Waals surface area contributed by atoms with Crippen molar-refractivity contribution in [1.29, 1.82) is 0 Å². The molecular formula is C18H20ClNO2. The third kappa shape index (κ3) is 5.17. The number of alkyl halides is 1. The zero-order valence-electron chi connectivity index (χ0n) is 12.6. The van der Waals surface area contributed by atoms with Gasteiger partial charge in [-0.25, -0.2) is 0 Å². The highest BCUT2D eigenvalue weighted by Gasteiger charge is 2.20. The van der Waals surface area contributed by atoms with Crippen LogP contribution in [-0.4, -0.2) is 29.9 Å². The number of ether oxygens (including phenoxy) is 1. The lowest BCUT2D eigenvalue weighted by Crippen LogP contribution is -2.33. The Balaban J connectivity index is 2.07. The number of carbonyl (C=O) groups excluding carboxylic acids is 1. The van der Waals surface area contributed by atoms with Crippen LogP contribution in [0.3, 0.4) is 0 Å². The number of carbonyl (C=O) groups is 1. The van der Waals surface area contributed by atoms with Gasteiger partial charge < -0.3 is 4.74 Å². The van der Waals surface area contributed by atoms with Crippen molar-refractivity contribution in [3.8, 4) is 0 Å². The smallest absolute Gasteiger partial charge is 0.325 e. The molecule has 0 spiro atoms. The molecule has 0 saturated heterocycles. The van der Waals surface area contributed by atoms with E-state index in [-0.39, 0.29) is 0 Å². The first-order valence-corrected chi connectivity index (χ1v) is 7.65. The molecular weight excluding hydrogens is 298 g/mol. The highest BCUT2D eigenvalue weighted by molar-refractivity contribution is 6.30. The minimum Gasteiger partial charge on any atom is -0.468 e. The lowest BCUT2D eigenvalue weighted by atomic mass is 10.1. The average molecular weight is 318 g/mol. The summed E-state index contributed by atoms with van der Waals surface area (Å²) in [6.07, 6.45) is 0. The Morgan fingerprint density at radius 2 is 1.45 bits per heavy atom. The summed E-state index contributed by atoms with van der Waals surface area (Å²) in [5.74, 6) is -0.396. The van der Waals surface area contributed by atoms with E-state index in [0.717, 1.165) is 13.1 Å². The highest BCUT2D eigenvalue weighted by atomic mass is 35.5. The standard InChI is InChI=1S/C18H20ClNO2/c1-22-18(21)17(19)14-20(12-15-8-4-2-5-9-15)13-16-10-6-3-7-11-16/h2-11,17H,12-14H2,1H3/t17-/m1/s1. The van der Waals surface area contributed by atoms with Crippen LogP contribution in [0.1, 0.15) is 11.1 Å². The summed E-state index contributed by atoms with van der Waals surface area (Å²) in [6.45, 7) is 1.91. The van der Waals surface area contributed by atoms with Crippen LogP contribution in [0.15, 0.2) is 60.7 Å². The second-order valence-corrected chi connectivity index (χ2v) is 5.66. The largest absolute Gasteiger partial charge is 0.468 e. The van der Waals surface area contributed by atoms with Crippen molar-refractivity contribution in [2.45, 2.75) is 18.5 Å². The van der Waals surface area contributed by atoms with E-state index in [2.05, 4.69) is 29.2 Å². The zero-order valence-corrected chi connectivity index (χ0v) is 13.4. The Labute approximate surface area is 136 Å². The van der Waals surface area contributed by atoms with Crippen molar-refractivity contribution in [2.75, 3.05) is 13.7 Å². The first-order valence-electron chi connectivity index (χ1n) is 7.21. The van der Waals surface area contributed by atoms with Crippen molar-refractivity contribution in [2.24, 2.45) is 0 Å². The summed E-state index contributed by atoms with van der Waals surface area (Å²) >= 11 is 6.14. The summed E-state index contributed by atoms with van der Waals surface area (Å²) < 4.78 is 4.72. The molecule has 0 aliphatic rings. The molecule has 0 aromatic heterocycles. The van der Waals surface area contributed by atoms with Crippen LogP contribution < -0.4 is 0 Å². The second kappa shape index (κ2) is 8.57. The normalized spacial score (nSPS) is 12.1. The van der Waals surface area contributed by atoms with Crippen LogP contribution in [0.2, 0.25) is 0 Å². The zero-order chi connectivity index (χ0) is 15.8. The molecule has 116 valence electrons. The third-order valence-corrected chi connectivity index (χ3v) is 3.69. The van der Waals surface area contributed by atoms with E-state index in [0.29, 0.717) is 6.54 Å². The second-order valence-electron chi connectivity index (χ2n) is 5.13. The predicted molar refractivity (Wildman–Crippen MR) is 88.7 cm³/mol. The maximum atomic E-state index is 11.6.